The number of nitrogens with one attached hydrogen (secondary N) is 1. The monoisotopic (exact) mass is 343 g/mol. The van der Waals surface area contributed by atoms with E-state index in [1.54, 1.807) is 37.3 Å². The van der Waals surface area contributed by atoms with E-state index in [4.69, 9.17) is 23.2 Å². The molecule has 1 amide bonds. The van der Waals surface area contributed by atoms with Gasteiger partial charge in [-0.05, 0) is 31.2 Å². The average molecular weight is 344 g/mol. The molecule has 2 rings (SSSR count). The molecule has 0 radical (unpaired) electrons. The van der Waals surface area contributed by atoms with Gasteiger partial charge in [0.2, 0.25) is 5.91 Å². The molecule has 0 fully saturated rings. The minimum absolute atomic E-state index is 0.153. The largest absolute Gasteiger partial charge is 0.323 e. The molecule has 0 heterocycles. The Kier molecular flexibility index (Phi) is 5.51. The summed E-state index contributed by atoms with van der Waals surface area (Å²) in [5.41, 5.74) is 0.153. The number of amides is 1. The van der Waals surface area contributed by atoms with Gasteiger partial charge in [0.05, 0.1) is 21.0 Å². The third-order valence-corrected chi connectivity index (χ3v) is 4.81. The molecule has 1 unspecified atom stereocenters. The van der Waals surface area contributed by atoms with Gasteiger partial charge >= 0.3 is 0 Å². The lowest BCUT2D eigenvalue weighted by Gasteiger charge is -2.14. The van der Waals surface area contributed by atoms with Crippen molar-refractivity contribution in [1.29, 1.82) is 0 Å². The quantitative estimate of drug-likeness (QED) is 0.768. The first-order valence-electron chi connectivity index (χ1n) is 6.15. The fraction of sp³-hybridized carbons (Fsp3) is 0.133. The van der Waals surface area contributed by atoms with Crippen molar-refractivity contribution < 1.29 is 9.18 Å². The number of rotatable bonds is 4. The topological polar surface area (TPSA) is 29.1 Å². The molecule has 2 nitrogen and oxygen atoms in total. The molecule has 0 aliphatic heterocycles. The van der Waals surface area contributed by atoms with Crippen molar-refractivity contribution in [2.75, 3.05) is 5.32 Å². The number of hydrogen-bond donors (Lipinski definition) is 1. The lowest BCUT2D eigenvalue weighted by atomic mass is 10.3. The van der Waals surface area contributed by atoms with Gasteiger partial charge in [-0.15, -0.1) is 11.8 Å². The van der Waals surface area contributed by atoms with Crippen molar-refractivity contribution in [2.24, 2.45) is 0 Å². The van der Waals surface area contributed by atoms with E-state index >= 15 is 0 Å². The number of carbonyl (C=O) groups is 1. The van der Waals surface area contributed by atoms with Gasteiger partial charge in [-0.2, -0.15) is 0 Å². The Labute approximate surface area is 136 Å². The second kappa shape index (κ2) is 7.16. The fourth-order valence-corrected chi connectivity index (χ4v) is 3.17. The second-order valence-corrected chi connectivity index (χ2v) is 6.45. The van der Waals surface area contributed by atoms with Crippen LogP contribution in [0.2, 0.25) is 10.0 Å². The lowest BCUT2D eigenvalue weighted by molar-refractivity contribution is -0.115. The maximum Gasteiger partial charge on any atom is 0.237 e. The highest BCUT2D eigenvalue weighted by Crippen LogP contribution is 2.36. The third kappa shape index (κ3) is 4.13. The van der Waals surface area contributed by atoms with Crippen LogP contribution >= 0.6 is 35.0 Å². The van der Waals surface area contributed by atoms with Gasteiger partial charge in [0, 0.05) is 4.90 Å². The van der Waals surface area contributed by atoms with E-state index in [9.17, 15) is 9.18 Å². The van der Waals surface area contributed by atoms with Gasteiger partial charge in [-0.25, -0.2) is 4.39 Å². The van der Waals surface area contributed by atoms with Crippen LogP contribution in [0.15, 0.2) is 47.4 Å². The number of thioether (sulfide) groups is 1. The van der Waals surface area contributed by atoms with E-state index in [-0.39, 0.29) is 11.6 Å². The van der Waals surface area contributed by atoms with Gasteiger partial charge in [0.1, 0.15) is 5.82 Å². The molecule has 0 aliphatic rings. The van der Waals surface area contributed by atoms with E-state index in [1.165, 1.54) is 23.9 Å². The zero-order valence-corrected chi connectivity index (χ0v) is 13.4. The first kappa shape index (κ1) is 16.1. The molecule has 0 aliphatic carbocycles. The average Bonchev–Trinajstić information content (AvgIpc) is 2.45. The summed E-state index contributed by atoms with van der Waals surface area (Å²) in [4.78, 5) is 12.7. The van der Waals surface area contributed by atoms with Crippen molar-refractivity contribution in [3.8, 4) is 0 Å². The normalized spacial score (nSPS) is 12.0. The zero-order valence-electron chi connectivity index (χ0n) is 11.1. The number of carbonyl (C=O) groups excluding carboxylic acids is 1. The predicted octanol–water partition coefficient (Wildman–Crippen LogP) is 5.25. The van der Waals surface area contributed by atoms with Crippen LogP contribution in [-0.2, 0) is 4.79 Å². The number of benzene rings is 2. The van der Waals surface area contributed by atoms with Gasteiger partial charge in [0.25, 0.3) is 0 Å². The molecule has 2 aromatic carbocycles. The summed E-state index contributed by atoms with van der Waals surface area (Å²) in [6.45, 7) is 1.71. The molecule has 1 atom stereocenters. The van der Waals surface area contributed by atoms with Crippen LogP contribution in [0.5, 0.6) is 0 Å². The van der Waals surface area contributed by atoms with Crippen molar-refractivity contribution in [1.82, 2.24) is 0 Å². The molecule has 0 bridgehead atoms. The zero-order chi connectivity index (χ0) is 15.4. The summed E-state index contributed by atoms with van der Waals surface area (Å²) in [6.07, 6.45) is 0. The van der Waals surface area contributed by atoms with Crippen molar-refractivity contribution >= 4 is 46.6 Å². The highest BCUT2D eigenvalue weighted by molar-refractivity contribution is 8.00. The first-order valence-corrected chi connectivity index (χ1v) is 7.78. The molecule has 0 saturated carbocycles. The Morgan fingerprint density at radius 1 is 1.14 bits per heavy atom. The minimum Gasteiger partial charge on any atom is -0.323 e. The van der Waals surface area contributed by atoms with Gasteiger partial charge in [0.15, 0.2) is 0 Å². The summed E-state index contributed by atoms with van der Waals surface area (Å²) >= 11 is 13.4. The van der Waals surface area contributed by atoms with E-state index in [2.05, 4.69) is 5.32 Å². The molecule has 110 valence electrons. The molecule has 21 heavy (non-hydrogen) atoms. The highest BCUT2D eigenvalue weighted by Gasteiger charge is 2.18. The summed E-state index contributed by atoms with van der Waals surface area (Å²) in [6, 6.07) is 11.2. The van der Waals surface area contributed by atoms with Crippen LogP contribution in [0.3, 0.4) is 0 Å². The van der Waals surface area contributed by atoms with E-state index in [1.807, 2.05) is 0 Å². The number of anilines is 1. The van der Waals surface area contributed by atoms with Crippen LogP contribution in [0.4, 0.5) is 10.1 Å². The first-order chi connectivity index (χ1) is 9.99. The van der Waals surface area contributed by atoms with Gasteiger partial charge in [-0.1, -0.05) is 41.4 Å². The summed E-state index contributed by atoms with van der Waals surface area (Å²) in [5, 5.41) is 3.05. The van der Waals surface area contributed by atoms with Crippen molar-refractivity contribution in [3.05, 3.63) is 58.3 Å². The highest BCUT2D eigenvalue weighted by atomic mass is 35.5. The lowest BCUT2D eigenvalue weighted by Crippen LogP contribution is -2.23. The molecule has 0 saturated heterocycles. The predicted molar refractivity (Wildman–Crippen MR) is 86.8 cm³/mol. The SMILES string of the molecule is CC(Sc1c(Cl)cccc1Cl)C(=O)Nc1ccccc1F. The molecule has 1 N–H and O–H groups in total. The van der Waals surface area contributed by atoms with E-state index in [0.29, 0.717) is 14.9 Å². The van der Waals surface area contributed by atoms with Gasteiger partial charge in [-0.3, -0.25) is 4.79 Å². The van der Waals surface area contributed by atoms with Crippen LogP contribution in [0.25, 0.3) is 0 Å². The van der Waals surface area contributed by atoms with Gasteiger partial charge < -0.3 is 5.32 Å². The molecule has 6 heteroatoms. The molecular formula is C15H12Cl2FNOS. The Bertz CT molecular complexity index is 646. The molecular weight excluding hydrogens is 332 g/mol. The molecule has 0 spiro atoms. The minimum atomic E-state index is -0.473. The Hall–Kier alpha value is -1.23. The number of para-hydroxylation sites is 1. The Balaban J connectivity index is 2.08. The summed E-state index contributed by atoms with van der Waals surface area (Å²) < 4.78 is 13.5. The second-order valence-electron chi connectivity index (χ2n) is 4.28. The summed E-state index contributed by atoms with van der Waals surface area (Å²) in [5.74, 6) is -0.792. The van der Waals surface area contributed by atoms with Crippen LogP contribution in [-0.4, -0.2) is 11.2 Å². The summed E-state index contributed by atoms with van der Waals surface area (Å²) in [7, 11) is 0. The Morgan fingerprint density at radius 2 is 1.76 bits per heavy atom. The van der Waals surface area contributed by atoms with Crippen LogP contribution in [0, 0.1) is 5.82 Å². The Morgan fingerprint density at radius 3 is 2.38 bits per heavy atom. The fourth-order valence-electron chi connectivity index (χ4n) is 1.62. The smallest absolute Gasteiger partial charge is 0.237 e. The van der Waals surface area contributed by atoms with Crippen molar-refractivity contribution in [2.45, 2.75) is 17.1 Å². The molecule has 0 aromatic heterocycles. The maximum atomic E-state index is 13.5. The number of halogens is 3. The van der Waals surface area contributed by atoms with E-state index < -0.39 is 11.1 Å². The van der Waals surface area contributed by atoms with Crippen molar-refractivity contribution in [3.63, 3.8) is 0 Å². The molecule has 2 aromatic rings. The van der Waals surface area contributed by atoms with E-state index in [0.717, 1.165) is 0 Å². The standard InChI is InChI=1S/C15H12Cl2FNOS/c1-9(21-14-10(16)5-4-6-11(14)17)15(20)19-13-8-3-2-7-12(13)18/h2-9H,1H3,(H,19,20). The number of hydrogen-bond acceptors (Lipinski definition) is 2. The third-order valence-electron chi connectivity index (χ3n) is 2.71. The van der Waals surface area contributed by atoms with Crippen LogP contribution < -0.4 is 5.32 Å². The maximum absolute atomic E-state index is 13.5. The van der Waals surface area contributed by atoms with Crippen LogP contribution in [0.1, 0.15) is 6.92 Å².